The Morgan fingerprint density at radius 2 is 1.57 bits per heavy atom. The summed E-state index contributed by atoms with van der Waals surface area (Å²) >= 11 is 0. The fourth-order valence-electron chi connectivity index (χ4n) is 3.74. The molecule has 0 unspecified atom stereocenters. The van der Waals surface area contributed by atoms with E-state index in [1.807, 2.05) is 0 Å². The topological polar surface area (TPSA) is 147 Å². The number of aliphatic hydroxyl groups is 4. The van der Waals surface area contributed by atoms with Gasteiger partial charge in [-0.25, -0.2) is 0 Å². The van der Waals surface area contributed by atoms with Crippen LogP contribution in [0.3, 0.4) is 0 Å². The van der Waals surface area contributed by atoms with Gasteiger partial charge in [-0.15, -0.1) is 0 Å². The molecule has 0 spiro atoms. The number of nitrogens with zero attached hydrogens (tertiary/aromatic N) is 1. The van der Waals surface area contributed by atoms with Crippen LogP contribution in [0.1, 0.15) is 20.8 Å². The highest BCUT2D eigenvalue weighted by Gasteiger charge is 2.54. The molecule has 28 heavy (non-hydrogen) atoms. The number of ether oxygens (including phenoxy) is 5. The molecular weight excluding hydrogens is 378 g/mol. The van der Waals surface area contributed by atoms with Gasteiger partial charge in [0.2, 0.25) is 5.91 Å². The number of rotatable bonds is 5. The molecule has 11 heteroatoms. The molecule has 3 heterocycles. The van der Waals surface area contributed by atoms with Crippen LogP contribution in [0.15, 0.2) is 0 Å². The summed E-state index contributed by atoms with van der Waals surface area (Å²) in [5, 5.41) is 40.5. The van der Waals surface area contributed by atoms with Crippen LogP contribution in [0.5, 0.6) is 0 Å². The number of hydrogen-bond acceptors (Lipinski definition) is 10. The molecule has 3 aliphatic rings. The van der Waals surface area contributed by atoms with Crippen LogP contribution in [0.4, 0.5) is 0 Å². The van der Waals surface area contributed by atoms with Crippen LogP contribution in [-0.2, 0) is 28.5 Å². The van der Waals surface area contributed by atoms with E-state index in [2.05, 4.69) is 0 Å². The Bertz CT molecular complexity index is 572. The van der Waals surface area contributed by atoms with Crippen molar-refractivity contribution >= 4 is 5.91 Å². The fourth-order valence-corrected chi connectivity index (χ4v) is 3.74. The number of fused-ring (bicyclic) bond motifs is 1. The first-order chi connectivity index (χ1) is 13.0. The van der Waals surface area contributed by atoms with E-state index in [1.54, 1.807) is 13.8 Å². The molecule has 0 aromatic carbocycles. The van der Waals surface area contributed by atoms with Crippen LogP contribution in [0, 0.1) is 0 Å². The van der Waals surface area contributed by atoms with Crippen LogP contribution >= 0.6 is 0 Å². The molecule has 3 saturated heterocycles. The second kappa shape index (κ2) is 8.09. The number of aliphatic hydroxyl groups excluding tert-OH is 4. The molecule has 1 amide bonds. The highest BCUT2D eigenvalue weighted by Crippen LogP contribution is 2.37. The second-order valence-electron chi connectivity index (χ2n) is 7.81. The quantitative estimate of drug-likeness (QED) is 0.386. The molecule has 3 rings (SSSR count). The smallest absolute Gasteiger partial charge is 0.219 e. The lowest BCUT2D eigenvalue weighted by Crippen LogP contribution is -2.61. The zero-order valence-electron chi connectivity index (χ0n) is 16.3. The zero-order valence-corrected chi connectivity index (χ0v) is 16.3. The summed E-state index contributed by atoms with van der Waals surface area (Å²) in [5.41, 5.74) is 0. The van der Waals surface area contributed by atoms with Gasteiger partial charge in [0, 0.05) is 27.1 Å². The standard InChI is InChI=1S/C17H29NO10/c1-7(19)18(5-8-10(20)12(22)13(23)15(24-4)25-8)6-9-11(21)14-16(26-9)28-17(2,3)27-14/h8-16,20-23H,5-6H2,1-4H3/t8-,9-,10-,11+,12+,13-,14-,15+,16-/m1/s1. The van der Waals surface area contributed by atoms with Gasteiger partial charge in [-0.3, -0.25) is 4.79 Å². The molecule has 0 bridgehead atoms. The van der Waals surface area contributed by atoms with Crippen molar-refractivity contribution in [3.05, 3.63) is 0 Å². The number of carbonyl (C=O) groups is 1. The molecule has 9 atom stereocenters. The maximum atomic E-state index is 12.1. The number of methoxy groups -OCH3 is 1. The average Bonchev–Trinajstić information content (AvgIpc) is 3.07. The molecule has 3 fully saturated rings. The lowest BCUT2D eigenvalue weighted by Gasteiger charge is -2.41. The van der Waals surface area contributed by atoms with E-state index in [0.29, 0.717) is 0 Å². The van der Waals surface area contributed by atoms with Gasteiger partial charge in [0.25, 0.3) is 0 Å². The predicted molar refractivity (Wildman–Crippen MR) is 90.6 cm³/mol. The summed E-state index contributed by atoms with van der Waals surface area (Å²) in [6, 6.07) is 0. The van der Waals surface area contributed by atoms with E-state index in [0.717, 1.165) is 0 Å². The van der Waals surface area contributed by atoms with E-state index in [4.69, 9.17) is 23.7 Å². The first kappa shape index (κ1) is 21.8. The number of carbonyl (C=O) groups excluding carboxylic acids is 1. The van der Waals surface area contributed by atoms with E-state index in [9.17, 15) is 25.2 Å². The first-order valence-electron chi connectivity index (χ1n) is 9.21. The normalized spacial score (nSPS) is 45.1. The minimum atomic E-state index is -1.49. The van der Waals surface area contributed by atoms with E-state index >= 15 is 0 Å². The van der Waals surface area contributed by atoms with Gasteiger partial charge in [0.05, 0.1) is 0 Å². The van der Waals surface area contributed by atoms with E-state index in [1.165, 1.54) is 18.9 Å². The summed E-state index contributed by atoms with van der Waals surface area (Å²) in [5.74, 6) is -1.21. The molecule has 11 nitrogen and oxygen atoms in total. The van der Waals surface area contributed by atoms with Gasteiger partial charge in [-0.2, -0.15) is 0 Å². The van der Waals surface area contributed by atoms with Crippen molar-refractivity contribution in [2.45, 2.75) is 81.9 Å². The summed E-state index contributed by atoms with van der Waals surface area (Å²) in [4.78, 5) is 13.4. The Hall–Kier alpha value is -0.890. The Morgan fingerprint density at radius 3 is 2.11 bits per heavy atom. The SMILES string of the molecule is CO[C@H]1O[C@H](CN(C[C@H]2O[C@@H]3OC(C)(C)O[C@@H]3[C@H]2O)C(C)=O)[C@@H](O)[C@H](O)[C@H]1O. The molecule has 0 aliphatic carbocycles. The molecule has 162 valence electrons. The largest absolute Gasteiger partial charge is 0.388 e. The molecule has 0 aromatic rings. The highest BCUT2D eigenvalue weighted by atomic mass is 16.8. The third-order valence-corrected chi connectivity index (χ3v) is 5.26. The molecule has 3 aliphatic heterocycles. The third kappa shape index (κ3) is 4.18. The van der Waals surface area contributed by atoms with Crippen molar-refractivity contribution in [1.29, 1.82) is 0 Å². The lowest BCUT2D eigenvalue weighted by molar-refractivity contribution is -0.291. The number of hydrogen-bond donors (Lipinski definition) is 4. The lowest BCUT2D eigenvalue weighted by atomic mass is 9.98. The van der Waals surface area contributed by atoms with Crippen LogP contribution < -0.4 is 0 Å². The monoisotopic (exact) mass is 407 g/mol. The Morgan fingerprint density at radius 1 is 0.964 bits per heavy atom. The molecular formula is C17H29NO10. The van der Waals surface area contributed by atoms with Gasteiger partial charge >= 0.3 is 0 Å². The minimum Gasteiger partial charge on any atom is -0.388 e. The molecule has 0 radical (unpaired) electrons. The van der Waals surface area contributed by atoms with Gasteiger partial charge in [-0.05, 0) is 13.8 Å². The maximum Gasteiger partial charge on any atom is 0.219 e. The zero-order chi connectivity index (χ0) is 20.8. The van der Waals surface area contributed by atoms with Gasteiger partial charge in [0.1, 0.15) is 42.7 Å². The van der Waals surface area contributed by atoms with Crippen LogP contribution in [-0.4, -0.2) is 113 Å². The molecule has 0 aromatic heterocycles. The van der Waals surface area contributed by atoms with Gasteiger partial charge in [0.15, 0.2) is 18.4 Å². The van der Waals surface area contributed by atoms with E-state index < -0.39 is 61.1 Å². The van der Waals surface area contributed by atoms with E-state index in [-0.39, 0.29) is 19.0 Å². The molecule has 4 N–H and O–H groups in total. The van der Waals surface area contributed by atoms with Crippen molar-refractivity contribution in [3.63, 3.8) is 0 Å². The van der Waals surface area contributed by atoms with Crippen molar-refractivity contribution in [2.24, 2.45) is 0 Å². The van der Waals surface area contributed by atoms with Gasteiger partial charge in [-0.1, -0.05) is 0 Å². The van der Waals surface area contributed by atoms with Gasteiger partial charge < -0.3 is 49.0 Å². The fraction of sp³-hybridized carbons (Fsp3) is 0.941. The maximum absolute atomic E-state index is 12.1. The first-order valence-corrected chi connectivity index (χ1v) is 9.21. The Labute approximate surface area is 162 Å². The number of amides is 1. The van der Waals surface area contributed by atoms with Crippen molar-refractivity contribution in [3.8, 4) is 0 Å². The van der Waals surface area contributed by atoms with Crippen molar-refractivity contribution in [2.75, 3.05) is 20.2 Å². The average molecular weight is 407 g/mol. The third-order valence-electron chi connectivity index (χ3n) is 5.26. The summed E-state index contributed by atoms with van der Waals surface area (Å²) in [7, 11) is 1.29. The predicted octanol–water partition coefficient (Wildman–Crippen LogP) is -2.47. The highest BCUT2D eigenvalue weighted by molar-refractivity contribution is 5.73. The van der Waals surface area contributed by atoms with Crippen LogP contribution in [0.25, 0.3) is 0 Å². The second-order valence-corrected chi connectivity index (χ2v) is 7.81. The van der Waals surface area contributed by atoms with Crippen molar-refractivity contribution < 1.29 is 48.9 Å². The minimum absolute atomic E-state index is 0.000470. The summed E-state index contributed by atoms with van der Waals surface area (Å²) in [6.45, 7) is 4.65. The molecule has 0 saturated carbocycles. The van der Waals surface area contributed by atoms with Crippen LogP contribution in [0.2, 0.25) is 0 Å². The summed E-state index contributed by atoms with van der Waals surface area (Å²) < 4.78 is 27.4. The Balaban J connectivity index is 1.64. The Kier molecular flexibility index (Phi) is 6.30. The van der Waals surface area contributed by atoms with Crippen molar-refractivity contribution in [1.82, 2.24) is 4.90 Å². The summed E-state index contributed by atoms with van der Waals surface area (Å²) in [6.07, 6.45) is -9.66.